The number of hydrogen-bond donors (Lipinski definition) is 0. The van der Waals surface area contributed by atoms with Crippen LogP contribution in [0.15, 0.2) is 55.0 Å². The van der Waals surface area contributed by atoms with E-state index >= 15 is 0 Å². The van der Waals surface area contributed by atoms with Gasteiger partial charge < -0.3 is 19.1 Å². The molecule has 0 fully saturated rings. The Bertz CT molecular complexity index is 1550. The Morgan fingerprint density at radius 1 is 0.930 bits per heavy atom. The third-order valence-corrected chi connectivity index (χ3v) is 6.32. The molecule has 0 unspecified atom stereocenters. The molecule has 230 valence electrons. The third kappa shape index (κ3) is 8.49. The van der Waals surface area contributed by atoms with E-state index in [1.165, 1.54) is 14.2 Å². The van der Waals surface area contributed by atoms with Gasteiger partial charge in [-0.1, -0.05) is 0 Å². The highest BCUT2D eigenvalue weighted by atomic mass is 19.4. The first-order valence-electron chi connectivity index (χ1n) is 13.6. The number of nitrogens with zero attached hydrogens (tertiary/aromatic N) is 6. The van der Waals surface area contributed by atoms with Gasteiger partial charge in [-0.05, 0) is 45.4 Å². The number of halogens is 3. The summed E-state index contributed by atoms with van der Waals surface area (Å²) >= 11 is 0. The Labute approximate surface area is 248 Å². The maximum Gasteiger partial charge on any atom is 0.410 e. The number of methoxy groups -OCH3 is 2. The number of hydrogen-bond acceptors (Lipinski definition) is 8. The monoisotopic (exact) mass is 600 g/mol. The van der Waals surface area contributed by atoms with Gasteiger partial charge in [0.05, 0.1) is 43.3 Å². The van der Waals surface area contributed by atoms with Crippen molar-refractivity contribution in [1.29, 1.82) is 0 Å². The van der Waals surface area contributed by atoms with E-state index in [2.05, 4.69) is 10.1 Å². The summed E-state index contributed by atoms with van der Waals surface area (Å²) in [6, 6.07) is 10.9. The van der Waals surface area contributed by atoms with Crippen LogP contribution in [0.25, 0.3) is 22.3 Å². The molecular weight excluding hydrogens is 565 g/mol. The molecule has 0 bridgehead atoms. The fraction of sp³-hybridized carbons (Fsp3) is 0.400. The van der Waals surface area contributed by atoms with Gasteiger partial charge in [-0.2, -0.15) is 18.3 Å². The summed E-state index contributed by atoms with van der Waals surface area (Å²) in [4.78, 5) is 24.6. The van der Waals surface area contributed by atoms with Crippen LogP contribution < -0.4 is 14.4 Å². The lowest BCUT2D eigenvalue weighted by molar-refractivity contribution is -0.144. The molecule has 2 aromatic heterocycles. The number of anilines is 2. The van der Waals surface area contributed by atoms with Crippen molar-refractivity contribution >= 4 is 28.5 Å². The molecule has 0 aliphatic carbocycles. The maximum atomic E-state index is 13.4. The van der Waals surface area contributed by atoms with Gasteiger partial charge in [0, 0.05) is 61.5 Å². The largest absolute Gasteiger partial charge is 0.497 e. The summed E-state index contributed by atoms with van der Waals surface area (Å²) < 4.78 is 58.0. The van der Waals surface area contributed by atoms with Crippen LogP contribution in [-0.4, -0.2) is 76.4 Å². The topological polar surface area (TPSA) is 94.8 Å². The third-order valence-electron chi connectivity index (χ3n) is 6.32. The average Bonchev–Trinajstić information content (AvgIpc) is 3.38. The van der Waals surface area contributed by atoms with Crippen LogP contribution in [0.2, 0.25) is 0 Å². The molecule has 0 aliphatic heterocycles. The Morgan fingerprint density at radius 2 is 1.63 bits per heavy atom. The van der Waals surface area contributed by atoms with E-state index in [9.17, 15) is 18.0 Å². The lowest BCUT2D eigenvalue weighted by Gasteiger charge is -2.30. The van der Waals surface area contributed by atoms with Crippen LogP contribution in [0.3, 0.4) is 0 Å². The molecule has 0 radical (unpaired) electrons. The number of carbonyl (C=O) groups excluding carboxylic acids is 1. The summed E-state index contributed by atoms with van der Waals surface area (Å²) in [5.74, 6) is 1.07. The highest BCUT2D eigenvalue weighted by Crippen LogP contribution is 2.34. The second kappa shape index (κ2) is 12.8. The predicted octanol–water partition coefficient (Wildman–Crippen LogP) is 6.38. The molecule has 0 saturated heterocycles. The van der Waals surface area contributed by atoms with Crippen molar-refractivity contribution in [3.63, 3.8) is 0 Å². The van der Waals surface area contributed by atoms with Crippen LogP contribution in [0.5, 0.6) is 11.5 Å². The lowest BCUT2D eigenvalue weighted by Crippen LogP contribution is -2.43. The Balaban J connectivity index is 1.68. The fourth-order valence-electron chi connectivity index (χ4n) is 4.41. The van der Waals surface area contributed by atoms with Crippen molar-refractivity contribution < 1.29 is 32.2 Å². The van der Waals surface area contributed by atoms with E-state index < -0.39 is 24.4 Å². The van der Waals surface area contributed by atoms with Crippen molar-refractivity contribution in [2.45, 2.75) is 39.0 Å². The van der Waals surface area contributed by atoms with Crippen LogP contribution >= 0.6 is 0 Å². The minimum absolute atomic E-state index is 0.189. The van der Waals surface area contributed by atoms with Crippen molar-refractivity contribution in [3.8, 4) is 22.8 Å². The number of ether oxygens (including phenoxy) is 3. The number of rotatable bonds is 10. The number of amides is 1. The van der Waals surface area contributed by atoms with Crippen molar-refractivity contribution in [2.24, 2.45) is 7.05 Å². The predicted molar refractivity (Wildman–Crippen MR) is 157 cm³/mol. The first-order valence-corrected chi connectivity index (χ1v) is 13.6. The molecule has 43 heavy (non-hydrogen) atoms. The molecule has 0 aliphatic rings. The number of aryl methyl sites for hydroxylation is 1. The summed E-state index contributed by atoms with van der Waals surface area (Å²) in [7, 11) is 4.88. The molecule has 0 spiro atoms. The van der Waals surface area contributed by atoms with Crippen molar-refractivity contribution in [1.82, 2.24) is 24.6 Å². The Kier molecular flexibility index (Phi) is 9.31. The first-order chi connectivity index (χ1) is 20.2. The number of aromatic nitrogens is 4. The van der Waals surface area contributed by atoms with Gasteiger partial charge in [0.2, 0.25) is 0 Å². The molecule has 4 rings (SSSR count). The van der Waals surface area contributed by atoms with E-state index in [4.69, 9.17) is 19.2 Å². The van der Waals surface area contributed by atoms with Gasteiger partial charge in [0.15, 0.2) is 0 Å². The second-order valence-corrected chi connectivity index (χ2v) is 10.9. The summed E-state index contributed by atoms with van der Waals surface area (Å²) in [6.07, 6.45) is -0.204. The SMILES string of the molecule is COc1cc(OC)cc(N(CCCN(CC(F)(F)F)C(=O)OC(C)(C)C)c2ccc3ncc(-c4cnn(C)c4)nc3c2)c1. The minimum atomic E-state index is -4.58. The zero-order valence-corrected chi connectivity index (χ0v) is 25.0. The minimum Gasteiger partial charge on any atom is -0.497 e. The molecule has 0 atom stereocenters. The summed E-state index contributed by atoms with van der Waals surface area (Å²) in [5, 5.41) is 4.20. The number of carbonyl (C=O) groups is 1. The summed E-state index contributed by atoms with van der Waals surface area (Å²) in [6.45, 7) is 3.46. The smallest absolute Gasteiger partial charge is 0.410 e. The molecule has 0 N–H and O–H groups in total. The van der Waals surface area contributed by atoms with Crippen LogP contribution in [0.1, 0.15) is 27.2 Å². The molecule has 10 nitrogen and oxygen atoms in total. The van der Waals surface area contributed by atoms with Gasteiger partial charge in [0.1, 0.15) is 23.6 Å². The first kappa shape index (κ1) is 31.4. The molecule has 2 heterocycles. The molecule has 2 aromatic carbocycles. The highest BCUT2D eigenvalue weighted by molar-refractivity contribution is 5.82. The lowest BCUT2D eigenvalue weighted by atomic mass is 10.1. The quantitative estimate of drug-likeness (QED) is 0.207. The van der Waals surface area contributed by atoms with E-state index in [-0.39, 0.29) is 19.5 Å². The fourth-order valence-corrected chi connectivity index (χ4v) is 4.41. The molecule has 13 heteroatoms. The van der Waals surface area contributed by atoms with Gasteiger partial charge in [-0.15, -0.1) is 0 Å². The zero-order valence-electron chi connectivity index (χ0n) is 25.0. The summed E-state index contributed by atoms with van der Waals surface area (Å²) in [5.41, 5.74) is 3.18. The van der Waals surface area contributed by atoms with Crippen LogP contribution in [0.4, 0.5) is 29.3 Å². The number of fused-ring (bicyclic) bond motifs is 1. The Hall–Kier alpha value is -4.55. The van der Waals surface area contributed by atoms with Crippen molar-refractivity contribution in [2.75, 3.05) is 38.8 Å². The van der Waals surface area contributed by atoms with E-state index in [0.29, 0.717) is 44.5 Å². The molecule has 1 amide bonds. The number of alkyl halides is 3. The molecule has 4 aromatic rings. The van der Waals surface area contributed by atoms with E-state index in [0.717, 1.165) is 5.56 Å². The van der Waals surface area contributed by atoms with Gasteiger partial charge in [-0.3, -0.25) is 14.6 Å². The maximum absolute atomic E-state index is 13.4. The highest BCUT2D eigenvalue weighted by Gasteiger charge is 2.35. The van der Waals surface area contributed by atoms with Gasteiger partial charge >= 0.3 is 12.3 Å². The molecule has 0 saturated carbocycles. The zero-order chi connectivity index (χ0) is 31.4. The van der Waals surface area contributed by atoms with E-state index in [1.807, 2.05) is 36.3 Å². The Morgan fingerprint density at radius 3 is 2.21 bits per heavy atom. The average molecular weight is 601 g/mol. The number of benzene rings is 2. The van der Waals surface area contributed by atoms with Gasteiger partial charge in [-0.25, -0.2) is 9.78 Å². The van der Waals surface area contributed by atoms with Crippen LogP contribution in [-0.2, 0) is 11.8 Å². The van der Waals surface area contributed by atoms with Crippen LogP contribution in [0, 0.1) is 0 Å². The van der Waals surface area contributed by atoms with Gasteiger partial charge in [0.25, 0.3) is 0 Å². The molecular formula is C30H35F3N6O4. The standard InChI is InChI=1S/C30H35F3N6O4/c1-29(2,3)43-28(40)38(19-30(31,32)33)10-7-11-39(22-12-23(41-5)15-24(13-22)42-6)21-8-9-25-26(14-21)36-27(17-34-25)20-16-35-37(4)18-20/h8-9,12-18H,7,10-11,19H2,1-6H3. The second-order valence-electron chi connectivity index (χ2n) is 10.9. The van der Waals surface area contributed by atoms with Crippen molar-refractivity contribution in [3.05, 3.63) is 55.0 Å². The normalized spacial score (nSPS) is 11.8. The van der Waals surface area contributed by atoms with E-state index in [1.54, 1.807) is 56.0 Å².